The maximum absolute atomic E-state index is 11.4. The fourth-order valence-electron chi connectivity index (χ4n) is 2.21. The third kappa shape index (κ3) is 3.19. The molecule has 2 aromatic rings. The Morgan fingerprint density at radius 3 is 3.29 bits per heavy atom. The molecule has 1 amide bonds. The number of aromatic amines is 1. The van der Waals surface area contributed by atoms with Crippen molar-refractivity contribution in [2.45, 2.75) is 18.9 Å². The zero-order valence-electron chi connectivity index (χ0n) is 22.0. The summed E-state index contributed by atoms with van der Waals surface area (Å²) in [4.78, 5) is 14.2. The van der Waals surface area contributed by atoms with Crippen LogP contribution in [0.1, 0.15) is 26.2 Å². The average molecular weight is 298 g/mol. The van der Waals surface area contributed by atoms with Crippen molar-refractivity contribution in [3.8, 4) is 0 Å². The zero-order chi connectivity index (χ0) is 24.3. The first-order valence-electron chi connectivity index (χ1n) is 11.8. The van der Waals surface area contributed by atoms with E-state index in [9.17, 15) is 4.79 Å². The first-order valence-corrected chi connectivity index (χ1v) is 6.26. The van der Waals surface area contributed by atoms with E-state index in [2.05, 4.69) is 15.0 Å². The van der Waals surface area contributed by atoms with Crippen molar-refractivity contribution in [2.24, 2.45) is 0 Å². The normalized spacial score (nSPS) is 33.8. The minimum Gasteiger partial charge on any atom is -0.447 e. The molecule has 1 atom stereocenters. The van der Waals surface area contributed by atoms with Gasteiger partial charge in [0.05, 0.1) is 10.1 Å². The number of carbonyl (C=O) groups excluding carboxylic acids is 1. The summed E-state index contributed by atoms with van der Waals surface area (Å²) in [5.41, 5.74) is 1.26. The van der Waals surface area contributed by atoms with Gasteiger partial charge in [-0.15, -0.1) is 0 Å². The number of likely N-dealkylation sites (N-methyl/N-ethyl adjacent to an activating group) is 1. The number of cyclic esters (lactones) is 1. The molecule has 0 radical (unpaired) electrons. The smallest absolute Gasteiger partial charge is 0.407 e. The Hall–Kier alpha value is -2.01. The van der Waals surface area contributed by atoms with Crippen LogP contribution in [0.2, 0.25) is 0 Å². The minimum atomic E-state index is -3.21. The van der Waals surface area contributed by atoms with Gasteiger partial charge in [-0.3, -0.25) is 0 Å². The Balaban J connectivity index is 1.95. The van der Waals surface area contributed by atoms with Crippen LogP contribution in [-0.2, 0) is 17.6 Å². The molecule has 112 valence electrons. The van der Waals surface area contributed by atoms with Crippen LogP contribution < -0.4 is 5.32 Å². The van der Waals surface area contributed by atoms with Crippen molar-refractivity contribution < 1.29 is 24.6 Å². The standard InChI is InChI=1S/C16H21N3O2/c1-19(2)6-5-12-9-17-15-4-3-11(8-14(12)15)7-13-10-21-16(20)18-13/h3-4,8-9,13,17H,5-7,10H2,1-2H3,(H,18,20)/t13-/m0/s1/i1D3,2D3,6D2,10D2,13D. The molecule has 1 aliphatic rings. The number of rotatable bonds is 5. The molecule has 1 fully saturated rings. The second-order valence-electron chi connectivity index (χ2n) is 4.64. The van der Waals surface area contributed by atoms with E-state index in [0.717, 1.165) is 0 Å². The van der Waals surface area contributed by atoms with Crippen LogP contribution in [0, 0.1) is 0 Å². The highest BCUT2D eigenvalue weighted by atomic mass is 16.6. The number of H-pyrrole nitrogens is 1. The van der Waals surface area contributed by atoms with Gasteiger partial charge in [0.2, 0.25) is 0 Å². The highest BCUT2D eigenvalue weighted by Gasteiger charge is 2.22. The maximum Gasteiger partial charge on any atom is 0.407 e. The third-order valence-corrected chi connectivity index (χ3v) is 3.16. The highest BCUT2D eigenvalue weighted by molar-refractivity contribution is 5.84. The van der Waals surface area contributed by atoms with E-state index in [4.69, 9.17) is 15.1 Å². The summed E-state index contributed by atoms with van der Waals surface area (Å²) in [6.45, 7) is -11.8. The number of nitrogens with zero attached hydrogens (tertiary/aromatic N) is 1. The van der Waals surface area contributed by atoms with Gasteiger partial charge in [0.25, 0.3) is 0 Å². The number of carbonyl (C=O) groups is 1. The first kappa shape index (κ1) is 6.01. The Morgan fingerprint density at radius 2 is 2.52 bits per heavy atom. The van der Waals surface area contributed by atoms with Crippen molar-refractivity contribution in [1.82, 2.24) is 15.2 Å². The van der Waals surface area contributed by atoms with Crippen molar-refractivity contribution in [3.63, 3.8) is 0 Å². The number of nitrogens with one attached hydrogen (secondary N) is 2. The molecule has 2 heterocycles. The number of aryl methyl sites for hydroxylation is 1. The van der Waals surface area contributed by atoms with Gasteiger partial charge in [0.15, 0.2) is 0 Å². The molecule has 5 heteroatoms. The molecule has 1 aromatic heterocycles. The second kappa shape index (κ2) is 5.77. The lowest BCUT2D eigenvalue weighted by Crippen LogP contribution is -2.28. The largest absolute Gasteiger partial charge is 0.447 e. The van der Waals surface area contributed by atoms with Gasteiger partial charge < -0.3 is 19.9 Å². The topological polar surface area (TPSA) is 57.4 Å². The molecular weight excluding hydrogens is 266 g/mol. The summed E-state index contributed by atoms with van der Waals surface area (Å²) >= 11 is 0. The van der Waals surface area contributed by atoms with Gasteiger partial charge in [-0.2, -0.15) is 0 Å². The van der Waals surface area contributed by atoms with Crippen molar-refractivity contribution in [3.05, 3.63) is 35.5 Å². The SMILES string of the molecule is [2H]C([2H])([2H])N(C([2H])([2H])[2H])C([2H])([2H])Cc1c[nH]c2ccc(C[C@]3([2H])NC(=O)OC3([2H])[2H])cc12. The van der Waals surface area contributed by atoms with Crippen LogP contribution in [0.15, 0.2) is 24.4 Å². The Bertz CT molecular complexity index is 1020. The summed E-state index contributed by atoms with van der Waals surface area (Å²) in [7, 11) is 0. The highest BCUT2D eigenvalue weighted by Crippen LogP contribution is 2.21. The summed E-state index contributed by atoms with van der Waals surface area (Å²) in [5.74, 6) is 0. The summed E-state index contributed by atoms with van der Waals surface area (Å²) < 4.78 is 89.6. The lowest BCUT2D eigenvalue weighted by molar-refractivity contribution is 0.177. The lowest BCUT2D eigenvalue weighted by atomic mass is 10.0. The fourth-order valence-corrected chi connectivity index (χ4v) is 2.21. The number of alkyl carbamates (subject to hydrolysis) is 1. The van der Waals surface area contributed by atoms with E-state index in [1.807, 2.05) is 0 Å². The molecule has 0 bridgehead atoms. The lowest BCUT2D eigenvalue weighted by Gasteiger charge is -2.09. The number of hydrogen-bond acceptors (Lipinski definition) is 3. The average Bonchev–Trinajstić information content (AvgIpc) is 3.00. The third-order valence-electron chi connectivity index (χ3n) is 3.16. The molecule has 1 aromatic carbocycles. The van der Waals surface area contributed by atoms with Gasteiger partial charge in [-0.05, 0) is 50.1 Å². The number of ether oxygens (including phenoxy) is 1. The molecule has 0 saturated carbocycles. The van der Waals surface area contributed by atoms with Gasteiger partial charge in [-0.1, -0.05) is 6.07 Å². The molecule has 0 unspecified atom stereocenters. The van der Waals surface area contributed by atoms with Gasteiger partial charge in [0, 0.05) is 34.6 Å². The molecule has 2 N–H and O–H groups in total. The van der Waals surface area contributed by atoms with Crippen LogP contribution in [0.5, 0.6) is 0 Å². The number of fused-ring (bicyclic) bond motifs is 1. The van der Waals surface area contributed by atoms with Crippen LogP contribution in [0.3, 0.4) is 0 Å². The molecule has 0 aliphatic carbocycles. The molecule has 1 aliphatic heterocycles. The van der Waals surface area contributed by atoms with Gasteiger partial charge in [-0.25, -0.2) is 4.79 Å². The summed E-state index contributed by atoms with van der Waals surface area (Å²) in [6.07, 6.45) is -0.467. The second-order valence-corrected chi connectivity index (χ2v) is 4.64. The molecule has 21 heavy (non-hydrogen) atoms. The van der Waals surface area contributed by atoms with E-state index >= 15 is 0 Å². The van der Waals surface area contributed by atoms with E-state index in [1.54, 1.807) is 18.2 Å². The van der Waals surface area contributed by atoms with Crippen LogP contribution in [0.4, 0.5) is 4.79 Å². The Morgan fingerprint density at radius 1 is 1.62 bits per heavy atom. The molecular formula is C16H21N3O2. The number of amides is 1. The Labute approximate surface area is 139 Å². The van der Waals surface area contributed by atoms with Crippen LogP contribution >= 0.6 is 0 Å². The van der Waals surface area contributed by atoms with E-state index < -0.39 is 45.5 Å². The predicted octanol–water partition coefficient (Wildman–Crippen LogP) is 1.92. The minimum absolute atomic E-state index is 0.117. The number of benzene rings is 1. The molecule has 1 saturated heterocycles. The van der Waals surface area contributed by atoms with Gasteiger partial charge in [0.1, 0.15) is 6.56 Å². The fraction of sp³-hybridized carbons (Fsp3) is 0.438. The number of hydrogen-bond donors (Lipinski definition) is 2. The first-order chi connectivity index (χ1) is 14.4. The van der Waals surface area contributed by atoms with Gasteiger partial charge >= 0.3 is 6.09 Å². The summed E-state index contributed by atoms with van der Waals surface area (Å²) in [6, 6.07) is 2.64. The molecule has 3 rings (SSSR count). The van der Waals surface area contributed by atoms with Crippen LogP contribution in [-0.4, -0.2) is 49.0 Å². The van der Waals surface area contributed by atoms with E-state index in [0.29, 0.717) is 22.0 Å². The molecule has 0 spiro atoms. The van der Waals surface area contributed by atoms with E-state index in [-0.39, 0.29) is 11.3 Å². The van der Waals surface area contributed by atoms with Crippen molar-refractivity contribution >= 4 is 17.0 Å². The van der Waals surface area contributed by atoms with Crippen LogP contribution in [0.25, 0.3) is 10.9 Å². The zero-order valence-corrected chi connectivity index (χ0v) is 11.0. The predicted molar refractivity (Wildman–Crippen MR) is 82.5 cm³/mol. The quantitative estimate of drug-likeness (QED) is 0.887. The van der Waals surface area contributed by atoms with Crippen molar-refractivity contribution in [2.75, 3.05) is 27.0 Å². The molecule has 5 nitrogen and oxygen atoms in total. The summed E-state index contributed by atoms with van der Waals surface area (Å²) in [5, 5.41) is 2.58. The van der Waals surface area contributed by atoms with E-state index in [1.165, 1.54) is 6.20 Å². The van der Waals surface area contributed by atoms with Crippen molar-refractivity contribution in [1.29, 1.82) is 0 Å². The number of aromatic nitrogens is 1. The maximum atomic E-state index is 11.4. The monoisotopic (exact) mass is 298 g/mol. The Kier molecular flexibility index (Phi) is 1.65.